The largest absolute Gasteiger partial charge is 0.495 e. The third kappa shape index (κ3) is 2.96. The zero-order valence-corrected chi connectivity index (χ0v) is 14.2. The van der Waals surface area contributed by atoms with Crippen molar-refractivity contribution in [1.82, 2.24) is 9.62 Å². The van der Waals surface area contributed by atoms with Crippen molar-refractivity contribution in [3.63, 3.8) is 0 Å². The summed E-state index contributed by atoms with van der Waals surface area (Å²) in [5.41, 5.74) is 1.55. The van der Waals surface area contributed by atoms with Crippen LogP contribution in [0, 0.1) is 13.8 Å². The molecular weight excluding hydrogens is 304 g/mol. The Morgan fingerprint density at radius 2 is 2.00 bits per heavy atom. The molecule has 1 saturated heterocycles. The molecule has 1 aliphatic heterocycles. The Morgan fingerprint density at radius 3 is 2.64 bits per heavy atom. The Morgan fingerprint density at radius 1 is 1.32 bits per heavy atom. The number of ether oxygens (including phenoxy) is 1. The first-order valence-corrected chi connectivity index (χ1v) is 8.68. The lowest BCUT2D eigenvalue weighted by molar-refractivity contribution is -0.123. The van der Waals surface area contributed by atoms with Crippen LogP contribution in [0.4, 0.5) is 0 Å². The highest BCUT2D eigenvalue weighted by molar-refractivity contribution is 7.89. The highest BCUT2D eigenvalue weighted by atomic mass is 32.2. The van der Waals surface area contributed by atoms with Crippen molar-refractivity contribution in [2.75, 3.05) is 20.2 Å². The Balaban J connectivity index is 2.57. The topological polar surface area (TPSA) is 75.7 Å². The lowest BCUT2D eigenvalue weighted by Crippen LogP contribution is -2.45. The van der Waals surface area contributed by atoms with Gasteiger partial charge in [0.05, 0.1) is 7.11 Å². The summed E-state index contributed by atoms with van der Waals surface area (Å²) in [7, 11) is -2.36. The van der Waals surface area contributed by atoms with Gasteiger partial charge in [-0.15, -0.1) is 0 Å². The highest BCUT2D eigenvalue weighted by Gasteiger charge is 2.36. The number of carbonyl (C=O) groups excluding carboxylic acids is 1. The van der Waals surface area contributed by atoms with E-state index in [2.05, 4.69) is 5.32 Å². The molecule has 2 rings (SSSR count). The number of methoxy groups -OCH3 is 1. The van der Waals surface area contributed by atoms with Crippen LogP contribution in [-0.4, -0.2) is 44.9 Å². The molecular formula is C15H22N2O4S. The smallest absolute Gasteiger partial charge is 0.247 e. The van der Waals surface area contributed by atoms with E-state index in [9.17, 15) is 13.2 Å². The second kappa shape index (κ2) is 6.26. The van der Waals surface area contributed by atoms with Crippen LogP contribution >= 0.6 is 0 Å². The quantitative estimate of drug-likeness (QED) is 0.906. The van der Waals surface area contributed by atoms with Gasteiger partial charge in [-0.3, -0.25) is 4.79 Å². The number of nitrogens with one attached hydrogen (secondary N) is 1. The predicted molar refractivity (Wildman–Crippen MR) is 83.4 cm³/mol. The molecule has 1 atom stereocenters. The fourth-order valence-electron chi connectivity index (χ4n) is 2.76. The Bertz CT molecular complexity index is 685. The second-order valence-corrected chi connectivity index (χ2v) is 7.38. The van der Waals surface area contributed by atoms with Crippen molar-refractivity contribution in [2.45, 2.75) is 38.1 Å². The zero-order valence-electron chi connectivity index (χ0n) is 13.3. The molecule has 0 bridgehead atoms. The van der Waals surface area contributed by atoms with Gasteiger partial charge in [0, 0.05) is 13.1 Å². The molecule has 1 fully saturated rings. The van der Waals surface area contributed by atoms with Crippen LogP contribution < -0.4 is 10.1 Å². The molecule has 7 heteroatoms. The number of amides is 1. The average Bonchev–Trinajstić information content (AvgIpc) is 2.60. The van der Waals surface area contributed by atoms with E-state index in [1.54, 1.807) is 26.0 Å². The maximum Gasteiger partial charge on any atom is 0.247 e. The molecule has 1 aromatic carbocycles. The summed E-state index contributed by atoms with van der Waals surface area (Å²) in [5.74, 6) is 0.0409. The summed E-state index contributed by atoms with van der Waals surface area (Å²) in [5, 5.41) is 2.72. The zero-order chi connectivity index (χ0) is 16.5. The molecule has 0 aromatic heterocycles. The van der Waals surface area contributed by atoms with Crippen LogP contribution in [0.1, 0.15) is 24.5 Å². The van der Waals surface area contributed by atoms with Gasteiger partial charge in [0.15, 0.2) is 0 Å². The highest BCUT2D eigenvalue weighted by Crippen LogP contribution is 2.32. The minimum Gasteiger partial charge on any atom is -0.495 e. The van der Waals surface area contributed by atoms with Crippen molar-refractivity contribution in [1.29, 1.82) is 0 Å². The lowest BCUT2D eigenvalue weighted by atomic mass is 10.1. The fourth-order valence-corrected chi connectivity index (χ4v) is 4.74. The summed E-state index contributed by atoms with van der Waals surface area (Å²) < 4.78 is 32.7. The third-order valence-electron chi connectivity index (χ3n) is 3.84. The third-order valence-corrected chi connectivity index (χ3v) is 5.99. The van der Waals surface area contributed by atoms with Crippen LogP contribution in [0.5, 0.6) is 5.75 Å². The molecule has 0 saturated carbocycles. The number of nitrogens with zero attached hydrogens (tertiary/aromatic N) is 1. The standard InChI is InChI=1S/C15H22N2O4S/c1-10-8-11(2)14(13(9-10)21-4)22(19,20)17-7-5-6-16-15(18)12(17)3/h8-9,12H,5-7H2,1-4H3,(H,16,18). The van der Waals surface area contributed by atoms with E-state index in [0.717, 1.165) is 5.56 Å². The van der Waals surface area contributed by atoms with E-state index in [1.165, 1.54) is 11.4 Å². The van der Waals surface area contributed by atoms with Crippen LogP contribution in [0.3, 0.4) is 0 Å². The number of hydrogen-bond donors (Lipinski definition) is 1. The van der Waals surface area contributed by atoms with Crippen molar-refractivity contribution in [2.24, 2.45) is 0 Å². The van der Waals surface area contributed by atoms with Crippen molar-refractivity contribution in [3.8, 4) is 5.75 Å². The summed E-state index contributed by atoms with van der Waals surface area (Å²) in [6.45, 7) is 6.02. The Hall–Kier alpha value is -1.60. The van der Waals surface area contributed by atoms with Gasteiger partial charge >= 0.3 is 0 Å². The molecule has 122 valence electrons. The van der Waals surface area contributed by atoms with E-state index in [4.69, 9.17) is 4.74 Å². The monoisotopic (exact) mass is 326 g/mol. The number of sulfonamides is 1. The van der Waals surface area contributed by atoms with Crippen molar-refractivity contribution >= 4 is 15.9 Å². The molecule has 0 radical (unpaired) electrons. The van der Waals surface area contributed by atoms with Crippen LogP contribution in [0.25, 0.3) is 0 Å². The predicted octanol–water partition coefficient (Wildman–Crippen LogP) is 1.21. The normalized spacial score (nSPS) is 20.4. The van der Waals surface area contributed by atoms with E-state index in [1.807, 2.05) is 6.92 Å². The molecule has 0 spiro atoms. The van der Waals surface area contributed by atoms with Gasteiger partial charge in [0.25, 0.3) is 0 Å². The second-order valence-electron chi connectivity index (χ2n) is 5.55. The molecule has 1 N–H and O–H groups in total. The lowest BCUT2D eigenvalue weighted by Gasteiger charge is -2.26. The Kier molecular flexibility index (Phi) is 4.77. The molecule has 1 amide bonds. The summed E-state index contributed by atoms with van der Waals surface area (Å²) in [6, 6.07) is 2.76. The van der Waals surface area contributed by atoms with Crippen LogP contribution in [-0.2, 0) is 14.8 Å². The van der Waals surface area contributed by atoms with Gasteiger partial charge in [-0.05, 0) is 44.4 Å². The Labute approximate surface area is 131 Å². The first kappa shape index (κ1) is 16.8. The van der Waals surface area contributed by atoms with Gasteiger partial charge in [-0.2, -0.15) is 4.31 Å². The van der Waals surface area contributed by atoms with Crippen LogP contribution in [0.2, 0.25) is 0 Å². The van der Waals surface area contributed by atoms with Gasteiger partial charge < -0.3 is 10.1 Å². The van der Waals surface area contributed by atoms with Crippen molar-refractivity contribution in [3.05, 3.63) is 23.3 Å². The van der Waals surface area contributed by atoms with Gasteiger partial charge in [-0.1, -0.05) is 6.07 Å². The summed E-state index contributed by atoms with van der Waals surface area (Å²) in [4.78, 5) is 12.1. The number of hydrogen-bond acceptors (Lipinski definition) is 4. The maximum absolute atomic E-state index is 13.1. The molecule has 1 heterocycles. The minimum absolute atomic E-state index is 0.141. The van der Waals surface area contributed by atoms with E-state index in [-0.39, 0.29) is 10.8 Å². The first-order valence-electron chi connectivity index (χ1n) is 7.24. The van der Waals surface area contributed by atoms with Crippen LogP contribution in [0.15, 0.2) is 17.0 Å². The minimum atomic E-state index is -3.81. The fraction of sp³-hybridized carbons (Fsp3) is 0.533. The molecule has 1 aliphatic rings. The summed E-state index contributed by atoms with van der Waals surface area (Å²) >= 11 is 0. The van der Waals surface area contributed by atoms with E-state index >= 15 is 0 Å². The van der Waals surface area contributed by atoms with Crippen molar-refractivity contribution < 1.29 is 17.9 Å². The first-order chi connectivity index (χ1) is 10.3. The maximum atomic E-state index is 13.1. The average molecular weight is 326 g/mol. The number of benzene rings is 1. The van der Waals surface area contributed by atoms with Gasteiger partial charge in [0.2, 0.25) is 15.9 Å². The molecule has 1 aromatic rings. The number of rotatable bonds is 3. The number of carbonyl (C=O) groups is 1. The molecule has 6 nitrogen and oxygen atoms in total. The van der Waals surface area contributed by atoms with Gasteiger partial charge in [-0.25, -0.2) is 8.42 Å². The SMILES string of the molecule is COc1cc(C)cc(C)c1S(=O)(=O)N1CCCNC(=O)C1C. The van der Waals surface area contributed by atoms with E-state index < -0.39 is 16.1 Å². The molecule has 0 aliphatic carbocycles. The summed E-state index contributed by atoms with van der Waals surface area (Å²) in [6.07, 6.45) is 0.586. The molecule has 1 unspecified atom stereocenters. The number of aryl methyl sites for hydroxylation is 2. The molecule has 22 heavy (non-hydrogen) atoms. The van der Waals surface area contributed by atoms with Gasteiger partial charge in [0.1, 0.15) is 16.7 Å². The van der Waals surface area contributed by atoms with E-state index in [0.29, 0.717) is 30.8 Å².